The van der Waals surface area contributed by atoms with E-state index in [2.05, 4.69) is 5.10 Å². The van der Waals surface area contributed by atoms with Gasteiger partial charge in [0.1, 0.15) is 0 Å². The van der Waals surface area contributed by atoms with Crippen LogP contribution in [0.1, 0.15) is 38.4 Å². The van der Waals surface area contributed by atoms with Crippen LogP contribution in [0.15, 0.2) is 24.0 Å². The predicted molar refractivity (Wildman–Crippen MR) is 75.1 cm³/mol. The molecule has 0 radical (unpaired) electrons. The van der Waals surface area contributed by atoms with E-state index in [1.54, 1.807) is 18.5 Å². The van der Waals surface area contributed by atoms with Crippen LogP contribution in [0.4, 0.5) is 0 Å². The molecule has 1 aromatic rings. The molecule has 7 nitrogen and oxygen atoms in total. The number of nitrogens with zero attached hydrogens (tertiary/aromatic N) is 3. The summed E-state index contributed by atoms with van der Waals surface area (Å²) >= 11 is 0. The number of hydrogen-bond acceptors (Lipinski definition) is 5. The average molecular weight is 293 g/mol. The Morgan fingerprint density at radius 3 is 2.95 bits per heavy atom. The van der Waals surface area contributed by atoms with Gasteiger partial charge < -0.3 is 4.74 Å². The second-order valence-corrected chi connectivity index (χ2v) is 5.23. The number of nitro groups is 1. The fourth-order valence-corrected chi connectivity index (χ4v) is 2.49. The third-order valence-corrected chi connectivity index (χ3v) is 3.62. The smallest absolute Gasteiger partial charge is 0.311 e. The highest BCUT2D eigenvalue weighted by Crippen LogP contribution is 2.39. The first-order valence-electron chi connectivity index (χ1n) is 7.02. The zero-order valence-electron chi connectivity index (χ0n) is 12.2. The molecule has 7 heteroatoms. The van der Waals surface area contributed by atoms with Gasteiger partial charge in [0.05, 0.1) is 29.2 Å². The van der Waals surface area contributed by atoms with Gasteiger partial charge in [-0.3, -0.25) is 19.6 Å². The van der Waals surface area contributed by atoms with Gasteiger partial charge in [-0.2, -0.15) is 5.10 Å². The van der Waals surface area contributed by atoms with E-state index < -0.39 is 4.92 Å². The number of aromatic nitrogens is 2. The number of carbonyl (C=O) groups excluding carboxylic acids is 1. The number of hydrogen-bond donors (Lipinski definition) is 0. The molecule has 0 bridgehead atoms. The molecule has 21 heavy (non-hydrogen) atoms. The lowest BCUT2D eigenvalue weighted by atomic mass is 9.79. The van der Waals surface area contributed by atoms with E-state index in [4.69, 9.17) is 4.74 Å². The molecular weight excluding hydrogens is 274 g/mol. The van der Waals surface area contributed by atoms with Gasteiger partial charge in [-0.15, -0.1) is 0 Å². The van der Waals surface area contributed by atoms with Gasteiger partial charge >= 0.3 is 5.97 Å². The third kappa shape index (κ3) is 3.68. The highest BCUT2D eigenvalue weighted by Gasteiger charge is 2.39. The Hall–Kier alpha value is -2.18. The zero-order valence-corrected chi connectivity index (χ0v) is 12.2. The number of allylic oxidation sites excluding steroid dienone is 1. The van der Waals surface area contributed by atoms with Gasteiger partial charge in [-0.25, -0.2) is 0 Å². The molecule has 2 rings (SSSR count). The highest BCUT2D eigenvalue weighted by atomic mass is 16.6. The minimum atomic E-state index is -0.463. The maximum Gasteiger partial charge on any atom is 0.311 e. The molecule has 1 heterocycles. The van der Waals surface area contributed by atoms with Crippen molar-refractivity contribution in [2.75, 3.05) is 6.61 Å². The average Bonchev–Trinajstić information content (AvgIpc) is 2.74. The lowest BCUT2D eigenvalue weighted by Gasteiger charge is -2.34. The maximum absolute atomic E-state index is 11.8. The number of carbonyl (C=O) groups is 1. The van der Waals surface area contributed by atoms with E-state index in [9.17, 15) is 14.9 Å². The van der Waals surface area contributed by atoms with E-state index in [1.807, 2.05) is 12.3 Å². The molecule has 2 unspecified atom stereocenters. The molecule has 0 aliphatic heterocycles. The molecule has 0 saturated heterocycles. The van der Waals surface area contributed by atoms with E-state index in [0.29, 0.717) is 18.6 Å². The molecule has 1 aliphatic carbocycles. The molecule has 0 aromatic carbocycles. The summed E-state index contributed by atoms with van der Waals surface area (Å²) in [6, 6.07) is 1.87. The topological polar surface area (TPSA) is 87.3 Å². The molecule has 114 valence electrons. The monoisotopic (exact) mass is 293 g/mol. The first kappa shape index (κ1) is 15.2. The van der Waals surface area contributed by atoms with E-state index in [0.717, 1.165) is 24.7 Å². The standard InChI is InChI=1S/C14H19N3O4/c1-3-21-14(18)12-4-5-13(12)16-7-6-11(15-16)8-10(2)9-17(19)20/h6-7,9,12-13H,3-5,8H2,1-2H3. The van der Waals surface area contributed by atoms with Crippen LogP contribution >= 0.6 is 0 Å². The van der Waals surface area contributed by atoms with Crippen molar-refractivity contribution in [1.82, 2.24) is 9.78 Å². The first-order chi connectivity index (χ1) is 10.0. The third-order valence-electron chi connectivity index (χ3n) is 3.62. The summed E-state index contributed by atoms with van der Waals surface area (Å²) in [5.74, 6) is -0.302. The van der Waals surface area contributed by atoms with Crippen LogP contribution in [-0.2, 0) is 16.0 Å². The first-order valence-corrected chi connectivity index (χ1v) is 7.02. The van der Waals surface area contributed by atoms with E-state index >= 15 is 0 Å². The lowest BCUT2D eigenvalue weighted by Crippen LogP contribution is -2.36. The van der Waals surface area contributed by atoms with Crippen molar-refractivity contribution in [2.45, 2.75) is 39.2 Å². The van der Waals surface area contributed by atoms with Crippen LogP contribution in [0.25, 0.3) is 0 Å². The Labute approximate surface area is 122 Å². The van der Waals surface area contributed by atoms with Crippen molar-refractivity contribution in [2.24, 2.45) is 5.92 Å². The summed E-state index contributed by atoms with van der Waals surface area (Å²) in [6.45, 7) is 3.88. The van der Waals surface area contributed by atoms with Crippen LogP contribution < -0.4 is 0 Å². The molecular formula is C14H19N3O4. The summed E-state index contributed by atoms with van der Waals surface area (Å²) in [6.07, 6.45) is 4.96. The van der Waals surface area contributed by atoms with Crippen molar-refractivity contribution in [1.29, 1.82) is 0 Å². The number of ether oxygens (including phenoxy) is 1. The van der Waals surface area contributed by atoms with Crippen molar-refractivity contribution in [3.8, 4) is 0 Å². The van der Waals surface area contributed by atoms with Gasteiger partial charge in [0.25, 0.3) is 0 Å². The zero-order chi connectivity index (χ0) is 15.4. The second kappa shape index (κ2) is 6.51. The number of rotatable bonds is 6. The Morgan fingerprint density at radius 2 is 2.38 bits per heavy atom. The van der Waals surface area contributed by atoms with E-state index in [-0.39, 0.29) is 17.9 Å². The van der Waals surface area contributed by atoms with Gasteiger partial charge in [-0.05, 0) is 32.8 Å². The molecule has 1 aromatic heterocycles. The summed E-state index contributed by atoms with van der Waals surface area (Å²) in [7, 11) is 0. The Kier molecular flexibility index (Phi) is 4.72. The van der Waals surface area contributed by atoms with Crippen LogP contribution in [0.5, 0.6) is 0 Å². The molecule has 0 amide bonds. The summed E-state index contributed by atoms with van der Waals surface area (Å²) < 4.78 is 6.83. The minimum Gasteiger partial charge on any atom is -0.466 e. The maximum atomic E-state index is 11.8. The largest absolute Gasteiger partial charge is 0.466 e. The Balaban J connectivity index is 2.00. The molecule has 1 fully saturated rings. The molecule has 1 saturated carbocycles. The van der Waals surface area contributed by atoms with Crippen molar-refractivity contribution in [3.05, 3.63) is 39.8 Å². The van der Waals surface area contributed by atoms with Crippen molar-refractivity contribution < 1.29 is 14.5 Å². The second-order valence-electron chi connectivity index (χ2n) is 5.23. The SMILES string of the molecule is CCOC(=O)C1CCC1n1ccc(CC(C)=C[N+](=O)[O-])n1. The molecule has 0 N–H and O–H groups in total. The van der Waals surface area contributed by atoms with E-state index in [1.165, 1.54) is 0 Å². The van der Waals surface area contributed by atoms with Crippen molar-refractivity contribution in [3.63, 3.8) is 0 Å². The minimum absolute atomic E-state index is 0.0394. The fraction of sp³-hybridized carbons (Fsp3) is 0.571. The quantitative estimate of drug-likeness (QED) is 0.455. The van der Waals surface area contributed by atoms with Crippen LogP contribution in [0, 0.1) is 16.0 Å². The van der Waals surface area contributed by atoms with Crippen LogP contribution in [0.2, 0.25) is 0 Å². The van der Waals surface area contributed by atoms with Gasteiger partial charge in [-0.1, -0.05) is 0 Å². The lowest BCUT2D eigenvalue weighted by molar-refractivity contribution is -0.403. The summed E-state index contributed by atoms with van der Waals surface area (Å²) in [5, 5.41) is 14.8. The van der Waals surface area contributed by atoms with Crippen molar-refractivity contribution >= 4 is 5.97 Å². The normalized spacial score (nSPS) is 21.7. The summed E-state index contributed by atoms with van der Waals surface area (Å²) in [5.41, 5.74) is 1.40. The molecule has 1 aliphatic rings. The predicted octanol–water partition coefficient (Wildman–Crippen LogP) is 2.12. The number of esters is 1. The van der Waals surface area contributed by atoms with Gasteiger partial charge in [0.2, 0.25) is 6.20 Å². The fourth-order valence-electron chi connectivity index (χ4n) is 2.49. The Morgan fingerprint density at radius 1 is 1.62 bits per heavy atom. The molecule has 2 atom stereocenters. The Bertz CT molecular complexity index is 564. The van der Waals surface area contributed by atoms with Gasteiger partial charge in [0.15, 0.2) is 0 Å². The van der Waals surface area contributed by atoms with Crippen LogP contribution in [0.3, 0.4) is 0 Å². The summed E-state index contributed by atoms with van der Waals surface area (Å²) in [4.78, 5) is 21.7. The van der Waals surface area contributed by atoms with Gasteiger partial charge in [0, 0.05) is 18.2 Å². The van der Waals surface area contributed by atoms with Crippen LogP contribution in [-0.4, -0.2) is 27.3 Å². The highest BCUT2D eigenvalue weighted by molar-refractivity contribution is 5.74. The molecule has 0 spiro atoms.